The molecule has 0 aliphatic carbocycles. The second-order valence-corrected chi connectivity index (χ2v) is 5.54. The maximum atomic E-state index is 12.0. The number of amides is 1. The lowest BCUT2D eigenvalue weighted by Crippen LogP contribution is -2.14. The van der Waals surface area contributed by atoms with Gasteiger partial charge in [-0.25, -0.2) is 4.98 Å². The lowest BCUT2D eigenvalue weighted by atomic mass is 10.2. The predicted octanol–water partition coefficient (Wildman–Crippen LogP) is 2.40. The highest BCUT2D eigenvalue weighted by Crippen LogP contribution is 2.16. The van der Waals surface area contributed by atoms with Crippen LogP contribution in [0.2, 0.25) is 0 Å². The van der Waals surface area contributed by atoms with Crippen molar-refractivity contribution in [2.45, 2.75) is 20.3 Å². The molecule has 23 heavy (non-hydrogen) atoms. The molecule has 1 amide bonds. The van der Waals surface area contributed by atoms with Crippen molar-refractivity contribution in [1.29, 1.82) is 0 Å². The van der Waals surface area contributed by atoms with Crippen LogP contribution >= 0.6 is 0 Å². The average Bonchev–Trinajstić information content (AvgIpc) is 3.07. The molecule has 6 heteroatoms. The molecule has 0 unspecified atom stereocenters. The summed E-state index contributed by atoms with van der Waals surface area (Å²) in [6.45, 7) is 4.02. The van der Waals surface area contributed by atoms with Gasteiger partial charge in [-0.05, 0) is 44.2 Å². The van der Waals surface area contributed by atoms with E-state index >= 15 is 0 Å². The third-order valence-corrected chi connectivity index (χ3v) is 3.79. The van der Waals surface area contributed by atoms with Crippen molar-refractivity contribution in [2.75, 3.05) is 5.32 Å². The van der Waals surface area contributed by atoms with Crippen LogP contribution in [0.5, 0.6) is 0 Å². The quantitative estimate of drug-likeness (QED) is 0.805. The van der Waals surface area contributed by atoms with Gasteiger partial charge in [0.2, 0.25) is 5.91 Å². The van der Waals surface area contributed by atoms with E-state index < -0.39 is 0 Å². The Kier molecular flexibility index (Phi) is 3.97. The number of aromatic nitrogens is 4. The number of nitrogens with zero attached hydrogens (tertiary/aromatic N) is 4. The highest BCUT2D eigenvalue weighted by Gasteiger charge is 2.08. The number of aryl methyl sites for hydroxylation is 2. The molecule has 0 saturated heterocycles. The summed E-state index contributed by atoms with van der Waals surface area (Å²) in [5.41, 5.74) is 4.66. The van der Waals surface area contributed by atoms with Crippen molar-refractivity contribution < 1.29 is 4.79 Å². The minimum absolute atomic E-state index is 0.0777. The van der Waals surface area contributed by atoms with Crippen LogP contribution in [0.4, 0.5) is 5.69 Å². The van der Waals surface area contributed by atoms with Gasteiger partial charge >= 0.3 is 0 Å². The summed E-state index contributed by atoms with van der Waals surface area (Å²) in [4.78, 5) is 16.3. The van der Waals surface area contributed by atoms with Crippen molar-refractivity contribution in [3.05, 3.63) is 59.9 Å². The molecule has 0 fully saturated rings. The average molecular weight is 309 g/mol. The van der Waals surface area contributed by atoms with Gasteiger partial charge in [-0.1, -0.05) is 0 Å². The van der Waals surface area contributed by atoms with Crippen molar-refractivity contribution in [3.63, 3.8) is 0 Å². The fourth-order valence-corrected chi connectivity index (χ4v) is 2.39. The van der Waals surface area contributed by atoms with Crippen LogP contribution in [0.1, 0.15) is 17.1 Å². The summed E-state index contributed by atoms with van der Waals surface area (Å²) in [6.07, 6.45) is 3.90. The molecule has 0 spiro atoms. The van der Waals surface area contributed by atoms with E-state index in [1.54, 1.807) is 11.0 Å². The van der Waals surface area contributed by atoms with E-state index in [9.17, 15) is 4.79 Å². The summed E-state index contributed by atoms with van der Waals surface area (Å²) in [5.74, 6) is -0.0777. The third-order valence-electron chi connectivity index (χ3n) is 3.79. The molecule has 3 aromatic rings. The minimum atomic E-state index is -0.0777. The summed E-state index contributed by atoms with van der Waals surface area (Å²) in [6, 6.07) is 9.54. The molecule has 1 N–H and O–H groups in total. The highest BCUT2D eigenvalue weighted by atomic mass is 16.1. The normalized spacial score (nSPS) is 10.7. The van der Waals surface area contributed by atoms with Crippen molar-refractivity contribution in [3.8, 4) is 5.69 Å². The number of benzene rings is 1. The minimum Gasteiger partial charge on any atom is -0.326 e. The molecule has 1 aromatic carbocycles. The first kappa shape index (κ1) is 15.0. The molecular weight excluding hydrogens is 290 g/mol. The van der Waals surface area contributed by atoms with E-state index in [1.807, 2.05) is 62.0 Å². The summed E-state index contributed by atoms with van der Waals surface area (Å²) < 4.78 is 3.71. The van der Waals surface area contributed by atoms with Crippen LogP contribution in [0.3, 0.4) is 0 Å². The number of hydrogen-bond donors (Lipinski definition) is 1. The van der Waals surface area contributed by atoms with E-state index in [-0.39, 0.29) is 12.3 Å². The molecule has 0 radical (unpaired) electrons. The molecule has 3 rings (SSSR count). The zero-order chi connectivity index (χ0) is 16.4. The summed E-state index contributed by atoms with van der Waals surface area (Å²) in [7, 11) is 1.83. The molecule has 0 saturated carbocycles. The van der Waals surface area contributed by atoms with Crippen molar-refractivity contribution in [2.24, 2.45) is 7.05 Å². The predicted molar refractivity (Wildman–Crippen MR) is 88.6 cm³/mol. The molecule has 118 valence electrons. The molecular formula is C17H19N5O. The van der Waals surface area contributed by atoms with Crippen LogP contribution in [0.15, 0.2) is 42.9 Å². The van der Waals surface area contributed by atoms with Gasteiger partial charge in [-0.15, -0.1) is 0 Å². The van der Waals surface area contributed by atoms with Crippen LogP contribution in [-0.4, -0.2) is 25.2 Å². The largest absolute Gasteiger partial charge is 0.326 e. The first-order valence-electron chi connectivity index (χ1n) is 7.42. The number of imidazole rings is 1. The lowest BCUT2D eigenvalue weighted by Gasteiger charge is -2.08. The van der Waals surface area contributed by atoms with E-state index in [0.29, 0.717) is 0 Å². The Hall–Kier alpha value is -2.89. The molecule has 0 aliphatic heterocycles. The zero-order valence-corrected chi connectivity index (χ0v) is 13.4. The van der Waals surface area contributed by atoms with Gasteiger partial charge in [-0.2, -0.15) is 5.10 Å². The first-order chi connectivity index (χ1) is 11.0. The Bertz CT molecular complexity index is 829. The molecule has 0 atom stereocenters. The van der Waals surface area contributed by atoms with E-state index in [0.717, 1.165) is 28.5 Å². The van der Waals surface area contributed by atoms with Gasteiger partial charge in [0.25, 0.3) is 0 Å². The zero-order valence-electron chi connectivity index (χ0n) is 13.4. The first-order valence-corrected chi connectivity index (χ1v) is 7.42. The molecule has 6 nitrogen and oxygen atoms in total. The number of rotatable bonds is 4. The fraction of sp³-hybridized carbons (Fsp3) is 0.235. The van der Waals surface area contributed by atoms with E-state index in [2.05, 4.69) is 15.4 Å². The van der Waals surface area contributed by atoms with E-state index in [4.69, 9.17) is 0 Å². The Morgan fingerprint density at radius 2 is 1.91 bits per heavy atom. The molecule has 0 aliphatic rings. The Balaban J connectivity index is 1.67. The second kappa shape index (κ2) is 6.08. The van der Waals surface area contributed by atoms with Crippen molar-refractivity contribution in [1.82, 2.24) is 19.3 Å². The van der Waals surface area contributed by atoms with Gasteiger partial charge < -0.3 is 9.88 Å². The molecule has 0 bridgehead atoms. The monoisotopic (exact) mass is 309 g/mol. The smallest absolute Gasteiger partial charge is 0.230 e. The van der Waals surface area contributed by atoms with Crippen LogP contribution in [0.25, 0.3) is 5.69 Å². The topological polar surface area (TPSA) is 64.7 Å². The Morgan fingerprint density at radius 3 is 2.48 bits per heavy atom. The highest BCUT2D eigenvalue weighted by molar-refractivity contribution is 5.92. The lowest BCUT2D eigenvalue weighted by molar-refractivity contribution is -0.115. The van der Waals surface area contributed by atoms with Crippen LogP contribution in [-0.2, 0) is 18.3 Å². The maximum absolute atomic E-state index is 12.0. The summed E-state index contributed by atoms with van der Waals surface area (Å²) in [5, 5.41) is 7.09. The standard InChI is InChI=1S/C17H19N5O/c1-12-13(2)22(11-18-12)16-6-4-14(5-7-16)19-17(23)10-15-8-9-21(3)20-15/h4-9,11H,10H2,1-3H3,(H,19,23). The number of carbonyl (C=O) groups is 1. The third kappa shape index (κ3) is 3.31. The van der Waals surface area contributed by atoms with Gasteiger partial charge in [0.05, 0.1) is 24.1 Å². The second-order valence-electron chi connectivity index (χ2n) is 5.54. The van der Waals surface area contributed by atoms with Gasteiger partial charge in [0, 0.05) is 30.3 Å². The van der Waals surface area contributed by atoms with Crippen LogP contribution in [0, 0.1) is 13.8 Å². The molecule has 2 aromatic heterocycles. The van der Waals surface area contributed by atoms with Gasteiger partial charge in [-0.3, -0.25) is 9.48 Å². The van der Waals surface area contributed by atoms with Gasteiger partial charge in [0.15, 0.2) is 0 Å². The number of hydrogen-bond acceptors (Lipinski definition) is 3. The Labute approximate surface area is 134 Å². The molecule has 2 heterocycles. The fourth-order valence-electron chi connectivity index (χ4n) is 2.39. The number of nitrogens with one attached hydrogen (secondary N) is 1. The van der Waals surface area contributed by atoms with E-state index in [1.165, 1.54) is 0 Å². The summed E-state index contributed by atoms with van der Waals surface area (Å²) >= 11 is 0. The number of anilines is 1. The number of carbonyl (C=O) groups excluding carboxylic acids is 1. The van der Waals surface area contributed by atoms with Crippen LogP contribution < -0.4 is 5.32 Å². The Morgan fingerprint density at radius 1 is 1.17 bits per heavy atom. The maximum Gasteiger partial charge on any atom is 0.230 e. The SMILES string of the molecule is Cc1ncn(-c2ccc(NC(=O)Cc3ccn(C)n3)cc2)c1C. The van der Waals surface area contributed by atoms with Crippen molar-refractivity contribution >= 4 is 11.6 Å². The van der Waals surface area contributed by atoms with Gasteiger partial charge in [0.1, 0.15) is 0 Å².